The minimum Gasteiger partial charge on any atom is -0.349 e. The lowest BCUT2D eigenvalue weighted by atomic mass is 10.1. The van der Waals surface area contributed by atoms with Crippen LogP contribution in [0.5, 0.6) is 0 Å². The zero-order chi connectivity index (χ0) is 16.2. The van der Waals surface area contributed by atoms with Gasteiger partial charge in [0, 0.05) is 44.6 Å². The Balaban J connectivity index is 1.66. The Kier molecular flexibility index (Phi) is 4.91. The molecule has 0 unspecified atom stereocenters. The Bertz CT molecular complexity index is 576. The monoisotopic (exact) mass is 316 g/mol. The van der Waals surface area contributed by atoms with Gasteiger partial charge in [0.15, 0.2) is 0 Å². The van der Waals surface area contributed by atoms with E-state index in [9.17, 15) is 9.59 Å². The summed E-state index contributed by atoms with van der Waals surface area (Å²) in [5.74, 6) is -0.168. The molecular weight excluding hydrogens is 292 g/mol. The van der Waals surface area contributed by atoms with E-state index >= 15 is 0 Å². The van der Waals surface area contributed by atoms with Crippen LogP contribution in [-0.2, 0) is 0 Å². The van der Waals surface area contributed by atoms with Gasteiger partial charge in [-0.2, -0.15) is 0 Å². The summed E-state index contributed by atoms with van der Waals surface area (Å²) in [4.78, 5) is 33.0. The molecule has 124 valence electrons. The fraction of sp³-hybridized carbons (Fsp3) is 0.588. The number of nitrogens with one attached hydrogen (secondary N) is 1. The van der Waals surface area contributed by atoms with Crippen LogP contribution in [0.25, 0.3) is 0 Å². The molecule has 0 spiro atoms. The summed E-state index contributed by atoms with van der Waals surface area (Å²) in [6.45, 7) is 3.18. The lowest BCUT2D eigenvalue weighted by molar-refractivity contribution is 0.0663. The first-order valence-electron chi connectivity index (χ1n) is 8.37. The average Bonchev–Trinajstić information content (AvgIpc) is 3.08. The fourth-order valence-corrected chi connectivity index (χ4v) is 3.21. The number of rotatable bonds is 3. The van der Waals surface area contributed by atoms with Crippen LogP contribution >= 0.6 is 0 Å². The molecule has 2 aliphatic rings. The zero-order valence-corrected chi connectivity index (χ0v) is 13.6. The van der Waals surface area contributed by atoms with Crippen LogP contribution in [0, 0.1) is 0 Å². The van der Waals surface area contributed by atoms with Gasteiger partial charge in [0.25, 0.3) is 11.8 Å². The molecule has 1 aromatic heterocycles. The van der Waals surface area contributed by atoms with Crippen molar-refractivity contribution < 1.29 is 9.59 Å². The molecule has 1 aliphatic carbocycles. The first-order valence-corrected chi connectivity index (χ1v) is 8.37. The number of carbonyl (C=O) groups excluding carboxylic acids is 2. The molecule has 0 bridgehead atoms. The highest BCUT2D eigenvalue weighted by atomic mass is 16.2. The molecular formula is C17H24N4O2. The third-order valence-electron chi connectivity index (χ3n) is 4.73. The van der Waals surface area contributed by atoms with Gasteiger partial charge in [-0.3, -0.25) is 14.6 Å². The van der Waals surface area contributed by atoms with E-state index < -0.39 is 0 Å². The molecule has 6 heteroatoms. The first kappa shape index (κ1) is 15.9. The van der Waals surface area contributed by atoms with Gasteiger partial charge in [-0.05, 0) is 26.0 Å². The highest BCUT2D eigenvalue weighted by Gasteiger charge is 2.22. The van der Waals surface area contributed by atoms with Crippen molar-refractivity contribution in [2.75, 3.05) is 33.2 Å². The molecule has 1 saturated carbocycles. The number of pyridine rings is 1. The Morgan fingerprint density at radius 3 is 2.43 bits per heavy atom. The molecule has 1 saturated heterocycles. The van der Waals surface area contributed by atoms with Crippen molar-refractivity contribution in [2.24, 2.45) is 0 Å². The van der Waals surface area contributed by atoms with Gasteiger partial charge in [0.1, 0.15) is 0 Å². The average molecular weight is 316 g/mol. The second-order valence-corrected chi connectivity index (χ2v) is 6.51. The smallest absolute Gasteiger partial charge is 0.255 e. The molecule has 2 amide bonds. The van der Waals surface area contributed by atoms with E-state index in [1.807, 2.05) is 4.90 Å². The SMILES string of the molecule is CN1CCN(C(=O)c2cncc(C(=O)NC3CCCC3)c2)CC1. The van der Waals surface area contributed by atoms with Crippen molar-refractivity contribution in [2.45, 2.75) is 31.7 Å². The maximum Gasteiger partial charge on any atom is 0.255 e. The van der Waals surface area contributed by atoms with Crippen molar-refractivity contribution in [3.8, 4) is 0 Å². The van der Waals surface area contributed by atoms with Crippen LogP contribution in [0.3, 0.4) is 0 Å². The van der Waals surface area contributed by atoms with Crippen LogP contribution in [0.4, 0.5) is 0 Å². The zero-order valence-electron chi connectivity index (χ0n) is 13.6. The van der Waals surface area contributed by atoms with Crippen molar-refractivity contribution in [1.29, 1.82) is 0 Å². The van der Waals surface area contributed by atoms with Crippen molar-refractivity contribution >= 4 is 11.8 Å². The van der Waals surface area contributed by atoms with Crippen LogP contribution in [-0.4, -0.2) is 65.9 Å². The van der Waals surface area contributed by atoms with Crippen molar-refractivity contribution in [1.82, 2.24) is 20.1 Å². The molecule has 3 rings (SSSR count). The Morgan fingerprint density at radius 2 is 1.74 bits per heavy atom. The lowest BCUT2D eigenvalue weighted by Crippen LogP contribution is -2.47. The molecule has 1 aromatic rings. The minimum atomic E-state index is -0.127. The quantitative estimate of drug-likeness (QED) is 0.908. The third kappa shape index (κ3) is 3.88. The summed E-state index contributed by atoms with van der Waals surface area (Å²) in [6.07, 6.45) is 7.51. The van der Waals surface area contributed by atoms with Crippen LogP contribution in [0.15, 0.2) is 18.5 Å². The Morgan fingerprint density at radius 1 is 1.09 bits per heavy atom. The number of hydrogen-bond acceptors (Lipinski definition) is 4. The topological polar surface area (TPSA) is 65.5 Å². The summed E-state index contributed by atoms with van der Waals surface area (Å²) in [6, 6.07) is 1.93. The second kappa shape index (κ2) is 7.08. The summed E-state index contributed by atoms with van der Waals surface area (Å²) < 4.78 is 0. The van der Waals surface area contributed by atoms with E-state index in [4.69, 9.17) is 0 Å². The summed E-state index contributed by atoms with van der Waals surface area (Å²) >= 11 is 0. The molecule has 1 N–H and O–H groups in total. The van der Waals surface area contributed by atoms with Gasteiger partial charge in [0.05, 0.1) is 11.1 Å². The Hall–Kier alpha value is -1.95. The van der Waals surface area contributed by atoms with Gasteiger partial charge in [-0.1, -0.05) is 12.8 Å². The summed E-state index contributed by atoms with van der Waals surface area (Å²) in [5.41, 5.74) is 0.963. The minimum absolute atomic E-state index is 0.0406. The van der Waals surface area contributed by atoms with Gasteiger partial charge < -0.3 is 15.1 Å². The predicted molar refractivity (Wildman–Crippen MR) is 87.4 cm³/mol. The maximum absolute atomic E-state index is 12.6. The van der Waals surface area contributed by atoms with Crippen LogP contribution in [0.1, 0.15) is 46.4 Å². The van der Waals surface area contributed by atoms with E-state index in [1.54, 1.807) is 12.3 Å². The van der Waals surface area contributed by atoms with Crippen molar-refractivity contribution in [3.63, 3.8) is 0 Å². The number of likely N-dealkylation sites (N-methyl/N-ethyl adjacent to an activating group) is 1. The van der Waals surface area contributed by atoms with Gasteiger partial charge in [0.2, 0.25) is 0 Å². The molecule has 0 radical (unpaired) electrons. The standard InChI is InChI=1S/C17H24N4O2/c1-20-6-8-21(9-7-20)17(23)14-10-13(11-18-12-14)16(22)19-15-4-2-3-5-15/h10-12,15H,2-9H2,1H3,(H,19,22). The maximum atomic E-state index is 12.6. The number of nitrogens with zero attached hydrogens (tertiary/aromatic N) is 3. The number of piperazine rings is 1. The predicted octanol–water partition coefficient (Wildman–Crippen LogP) is 1.14. The van der Waals surface area contributed by atoms with E-state index in [2.05, 4.69) is 22.2 Å². The molecule has 23 heavy (non-hydrogen) atoms. The number of amides is 2. The van der Waals surface area contributed by atoms with Crippen molar-refractivity contribution in [3.05, 3.63) is 29.6 Å². The van der Waals surface area contributed by atoms with Gasteiger partial charge in [-0.15, -0.1) is 0 Å². The van der Waals surface area contributed by atoms with E-state index in [0.717, 1.165) is 25.9 Å². The van der Waals surface area contributed by atoms with E-state index in [0.29, 0.717) is 24.2 Å². The lowest BCUT2D eigenvalue weighted by Gasteiger charge is -2.32. The number of hydrogen-bond donors (Lipinski definition) is 1. The second-order valence-electron chi connectivity index (χ2n) is 6.51. The molecule has 0 atom stereocenters. The first-order chi connectivity index (χ1) is 11.1. The molecule has 2 heterocycles. The molecule has 6 nitrogen and oxygen atoms in total. The number of aromatic nitrogens is 1. The summed E-state index contributed by atoms with van der Waals surface area (Å²) in [7, 11) is 2.05. The van der Waals surface area contributed by atoms with Gasteiger partial charge in [-0.25, -0.2) is 0 Å². The highest BCUT2D eigenvalue weighted by Crippen LogP contribution is 2.18. The number of carbonyl (C=O) groups is 2. The summed E-state index contributed by atoms with van der Waals surface area (Å²) in [5, 5.41) is 3.04. The molecule has 1 aliphatic heterocycles. The Labute approximate surface area is 136 Å². The molecule has 2 fully saturated rings. The third-order valence-corrected chi connectivity index (χ3v) is 4.73. The largest absolute Gasteiger partial charge is 0.349 e. The van der Waals surface area contributed by atoms with Gasteiger partial charge >= 0.3 is 0 Å². The van der Waals surface area contributed by atoms with Crippen LogP contribution in [0.2, 0.25) is 0 Å². The van der Waals surface area contributed by atoms with E-state index in [-0.39, 0.29) is 17.9 Å². The normalized spacial score (nSPS) is 19.8. The molecule has 0 aromatic carbocycles. The van der Waals surface area contributed by atoms with Crippen LogP contribution < -0.4 is 5.32 Å². The highest BCUT2D eigenvalue weighted by molar-refractivity contribution is 5.99. The fourth-order valence-electron chi connectivity index (χ4n) is 3.21. The van der Waals surface area contributed by atoms with E-state index in [1.165, 1.54) is 19.0 Å².